The topological polar surface area (TPSA) is 54.5 Å². The molecule has 4 rings (SSSR count). The fourth-order valence-electron chi connectivity index (χ4n) is 3.09. The number of nitrogens with one attached hydrogen (secondary N) is 1. The maximum Gasteiger partial charge on any atom is 0.273 e. The van der Waals surface area contributed by atoms with E-state index in [0.29, 0.717) is 23.9 Å². The molecule has 0 saturated carbocycles. The van der Waals surface area contributed by atoms with Crippen molar-refractivity contribution in [3.63, 3.8) is 0 Å². The zero-order valence-electron chi connectivity index (χ0n) is 14.7. The lowest BCUT2D eigenvalue weighted by atomic mass is 9.99. The third-order valence-corrected chi connectivity index (χ3v) is 5.29. The number of carbonyl (C=O) groups is 1. The van der Waals surface area contributed by atoms with Crippen LogP contribution in [0.2, 0.25) is 0 Å². The largest absolute Gasteiger partial charge is 0.497 e. The molecule has 2 heterocycles. The first-order chi connectivity index (χ1) is 13.1. The molecule has 1 amide bonds. The van der Waals surface area contributed by atoms with Gasteiger partial charge in [-0.2, -0.15) is 0 Å². The fourth-order valence-corrected chi connectivity index (χ4v) is 3.79. The van der Waals surface area contributed by atoms with Crippen molar-refractivity contribution in [1.29, 1.82) is 0 Å². The molecule has 2 aromatic carbocycles. The Kier molecular flexibility index (Phi) is 4.77. The van der Waals surface area contributed by atoms with Crippen molar-refractivity contribution in [2.24, 2.45) is 0 Å². The molecule has 138 valence electrons. The van der Waals surface area contributed by atoms with E-state index < -0.39 is 0 Å². The summed E-state index contributed by atoms with van der Waals surface area (Å²) in [6.07, 6.45) is 0.725. The van der Waals surface area contributed by atoms with E-state index in [-0.39, 0.29) is 11.7 Å². The molecule has 0 spiro atoms. The van der Waals surface area contributed by atoms with E-state index in [2.05, 4.69) is 10.3 Å². The van der Waals surface area contributed by atoms with Crippen molar-refractivity contribution in [2.75, 3.05) is 19.0 Å². The smallest absolute Gasteiger partial charge is 0.273 e. The van der Waals surface area contributed by atoms with Crippen LogP contribution in [-0.4, -0.2) is 29.4 Å². The number of hydrogen-bond donors (Lipinski definition) is 1. The number of anilines is 2. The molecule has 1 aromatic heterocycles. The molecule has 0 aliphatic carbocycles. The summed E-state index contributed by atoms with van der Waals surface area (Å²) in [6.45, 7) is 1.01. The number of ether oxygens (including phenoxy) is 1. The SMILES string of the molecule is COc1ccc(Nc2nc(C(=O)N3CCc4ccc(F)cc4C3)cs2)cc1. The van der Waals surface area contributed by atoms with Gasteiger partial charge >= 0.3 is 0 Å². The van der Waals surface area contributed by atoms with Gasteiger partial charge in [0.2, 0.25) is 0 Å². The molecule has 0 saturated heterocycles. The molecule has 0 radical (unpaired) electrons. The Morgan fingerprint density at radius 3 is 2.81 bits per heavy atom. The first-order valence-electron chi connectivity index (χ1n) is 8.55. The van der Waals surface area contributed by atoms with E-state index in [1.807, 2.05) is 24.3 Å². The monoisotopic (exact) mass is 383 g/mol. The molecule has 0 unspecified atom stereocenters. The molecule has 0 fully saturated rings. The average Bonchev–Trinajstić information content (AvgIpc) is 3.16. The Morgan fingerprint density at radius 1 is 1.22 bits per heavy atom. The Labute approximate surface area is 160 Å². The number of methoxy groups -OCH3 is 1. The zero-order chi connectivity index (χ0) is 18.8. The van der Waals surface area contributed by atoms with Crippen LogP contribution in [0.25, 0.3) is 0 Å². The standard InChI is InChI=1S/C20H18FN3O2S/c1-26-17-6-4-16(5-7-17)22-20-23-18(12-27-20)19(25)24-9-8-13-2-3-15(21)10-14(13)11-24/h2-7,10,12H,8-9,11H2,1H3,(H,22,23). The van der Waals surface area contributed by atoms with Crippen LogP contribution in [0.15, 0.2) is 47.8 Å². The predicted molar refractivity (Wildman–Crippen MR) is 103 cm³/mol. The second-order valence-electron chi connectivity index (χ2n) is 6.28. The highest BCUT2D eigenvalue weighted by Gasteiger charge is 2.24. The molecular formula is C20H18FN3O2S. The number of halogens is 1. The van der Waals surface area contributed by atoms with Crippen molar-refractivity contribution in [1.82, 2.24) is 9.88 Å². The Hall–Kier alpha value is -2.93. The van der Waals surface area contributed by atoms with Gasteiger partial charge in [0.25, 0.3) is 5.91 Å². The van der Waals surface area contributed by atoms with E-state index >= 15 is 0 Å². The fraction of sp³-hybridized carbons (Fsp3) is 0.200. The van der Waals surface area contributed by atoms with Crippen LogP contribution in [0.5, 0.6) is 5.75 Å². The number of amides is 1. The second kappa shape index (κ2) is 7.36. The van der Waals surface area contributed by atoms with Gasteiger partial charge in [0.1, 0.15) is 17.3 Å². The number of carbonyl (C=O) groups excluding carboxylic acids is 1. The van der Waals surface area contributed by atoms with Gasteiger partial charge in [-0.1, -0.05) is 6.07 Å². The number of rotatable bonds is 4. The molecule has 1 aliphatic rings. The van der Waals surface area contributed by atoms with E-state index in [4.69, 9.17) is 4.74 Å². The molecule has 0 bridgehead atoms. The molecule has 3 aromatic rings. The van der Waals surface area contributed by atoms with Gasteiger partial charge in [-0.15, -0.1) is 11.3 Å². The maximum absolute atomic E-state index is 13.5. The summed E-state index contributed by atoms with van der Waals surface area (Å²) in [4.78, 5) is 18.9. The first kappa shape index (κ1) is 17.5. The van der Waals surface area contributed by atoms with E-state index in [1.54, 1.807) is 23.5 Å². The predicted octanol–water partition coefficient (Wildman–Crippen LogP) is 4.23. The highest BCUT2D eigenvalue weighted by atomic mass is 32.1. The minimum atomic E-state index is -0.275. The first-order valence-corrected chi connectivity index (χ1v) is 9.43. The number of benzene rings is 2. The average molecular weight is 383 g/mol. The van der Waals surface area contributed by atoms with Crippen LogP contribution in [0.3, 0.4) is 0 Å². The quantitative estimate of drug-likeness (QED) is 0.732. The summed E-state index contributed by atoms with van der Waals surface area (Å²) >= 11 is 1.37. The summed E-state index contributed by atoms with van der Waals surface area (Å²) in [6, 6.07) is 12.3. The van der Waals surface area contributed by atoms with Gasteiger partial charge in [-0.05, 0) is 53.9 Å². The van der Waals surface area contributed by atoms with Gasteiger partial charge in [0.05, 0.1) is 7.11 Å². The minimum absolute atomic E-state index is 0.135. The van der Waals surface area contributed by atoms with Crippen LogP contribution in [0, 0.1) is 5.82 Å². The third kappa shape index (κ3) is 3.78. The van der Waals surface area contributed by atoms with Crippen molar-refractivity contribution in [3.8, 4) is 5.75 Å². The van der Waals surface area contributed by atoms with Crippen LogP contribution >= 0.6 is 11.3 Å². The van der Waals surface area contributed by atoms with Crippen molar-refractivity contribution < 1.29 is 13.9 Å². The molecule has 5 nitrogen and oxygen atoms in total. The summed E-state index contributed by atoms with van der Waals surface area (Å²) in [5, 5.41) is 5.58. The molecule has 27 heavy (non-hydrogen) atoms. The van der Waals surface area contributed by atoms with E-state index in [1.165, 1.54) is 23.5 Å². The second-order valence-corrected chi connectivity index (χ2v) is 7.14. The number of nitrogens with zero attached hydrogens (tertiary/aromatic N) is 2. The lowest BCUT2D eigenvalue weighted by Crippen LogP contribution is -2.36. The summed E-state index contributed by atoms with van der Waals surface area (Å²) in [5.41, 5.74) is 3.23. The van der Waals surface area contributed by atoms with Crippen molar-refractivity contribution >= 4 is 28.1 Å². The van der Waals surface area contributed by atoms with Gasteiger partial charge in [-0.3, -0.25) is 4.79 Å². The lowest BCUT2D eigenvalue weighted by molar-refractivity contribution is 0.0729. The number of hydrogen-bond acceptors (Lipinski definition) is 5. The Bertz CT molecular complexity index is 972. The highest BCUT2D eigenvalue weighted by Crippen LogP contribution is 2.25. The van der Waals surface area contributed by atoms with Gasteiger partial charge in [0.15, 0.2) is 5.13 Å². The van der Waals surface area contributed by atoms with Crippen molar-refractivity contribution in [3.05, 3.63) is 70.5 Å². The van der Waals surface area contributed by atoms with E-state index in [9.17, 15) is 9.18 Å². The summed E-state index contributed by atoms with van der Waals surface area (Å²) < 4.78 is 18.6. The Morgan fingerprint density at radius 2 is 2.04 bits per heavy atom. The van der Waals surface area contributed by atoms with Crippen LogP contribution in [0.1, 0.15) is 21.6 Å². The summed E-state index contributed by atoms with van der Waals surface area (Å²) in [7, 11) is 1.62. The van der Waals surface area contributed by atoms with Crippen molar-refractivity contribution in [2.45, 2.75) is 13.0 Å². The molecule has 1 aliphatic heterocycles. The summed E-state index contributed by atoms with van der Waals surface area (Å²) in [5.74, 6) is 0.365. The molecule has 1 N–H and O–H groups in total. The molecular weight excluding hydrogens is 365 g/mol. The number of fused-ring (bicyclic) bond motifs is 1. The maximum atomic E-state index is 13.5. The number of thiazole rings is 1. The van der Waals surface area contributed by atoms with Gasteiger partial charge in [0, 0.05) is 24.2 Å². The third-order valence-electron chi connectivity index (χ3n) is 4.53. The van der Waals surface area contributed by atoms with Crippen LogP contribution in [-0.2, 0) is 13.0 Å². The Balaban J connectivity index is 1.45. The normalized spacial score (nSPS) is 13.2. The van der Waals surface area contributed by atoms with Gasteiger partial charge < -0.3 is 15.0 Å². The number of aromatic nitrogens is 1. The van der Waals surface area contributed by atoms with E-state index in [0.717, 1.165) is 29.0 Å². The highest BCUT2D eigenvalue weighted by molar-refractivity contribution is 7.14. The van der Waals surface area contributed by atoms with Crippen LogP contribution in [0.4, 0.5) is 15.2 Å². The molecule has 0 atom stereocenters. The minimum Gasteiger partial charge on any atom is -0.497 e. The lowest BCUT2D eigenvalue weighted by Gasteiger charge is -2.28. The molecule has 7 heteroatoms. The zero-order valence-corrected chi connectivity index (χ0v) is 15.6. The van der Waals surface area contributed by atoms with Crippen LogP contribution < -0.4 is 10.1 Å². The van der Waals surface area contributed by atoms with Gasteiger partial charge in [-0.25, -0.2) is 9.37 Å².